The molecule has 0 unspecified atom stereocenters. The van der Waals surface area contributed by atoms with Crippen molar-refractivity contribution in [2.24, 2.45) is 0 Å². The predicted molar refractivity (Wildman–Crippen MR) is 100 cm³/mol. The van der Waals surface area contributed by atoms with Crippen LogP contribution >= 0.6 is 0 Å². The standard InChI is InChI=1S/C20H26N4O/c1-14-22-18(12-20(25)23-14)13-21-17-7-9-24(10-8-17)19-6-5-15-3-2-4-16(15)11-19/h5-6,11-12,17,21H,2-4,7-10,13H2,1H3,(H,22,23,25). The van der Waals surface area contributed by atoms with E-state index < -0.39 is 0 Å². The summed E-state index contributed by atoms with van der Waals surface area (Å²) in [6, 6.07) is 9.09. The molecular weight excluding hydrogens is 312 g/mol. The van der Waals surface area contributed by atoms with E-state index in [0.29, 0.717) is 18.4 Å². The molecule has 0 amide bonds. The fourth-order valence-electron chi connectivity index (χ4n) is 4.08. The van der Waals surface area contributed by atoms with Crippen LogP contribution in [0.25, 0.3) is 0 Å². The number of aromatic nitrogens is 2. The summed E-state index contributed by atoms with van der Waals surface area (Å²) < 4.78 is 0. The summed E-state index contributed by atoms with van der Waals surface area (Å²) in [5.41, 5.74) is 5.22. The van der Waals surface area contributed by atoms with Crippen LogP contribution in [0.2, 0.25) is 0 Å². The largest absolute Gasteiger partial charge is 0.371 e. The Balaban J connectivity index is 1.31. The summed E-state index contributed by atoms with van der Waals surface area (Å²) in [5.74, 6) is 0.677. The molecule has 0 atom stereocenters. The molecule has 1 aliphatic heterocycles. The van der Waals surface area contributed by atoms with Gasteiger partial charge in [0.2, 0.25) is 0 Å². The number of hydrogen-bond acceptors (Lipinski definition) is 4. The van der Waals surface area contributed by atoms with Crippen LogP contribution in [0.1, 0.15) is 41.9 Å². The van der Waals surface area contributed by atoms with Crippen LogP contribution in [0, 0.1) is 6.92 Å². The van der Waals surface area contributed by atoms with Crippen LogP contribution in [0.5, 0.6) is 0 Å². The molecule has 132 valence electrons. The van der Waals surface area contributed by atoms with Crippen LogP contribution in [0.3, 0.4) is 0 Å². The number of nitrogens with one attached hydrogen (secondary N) is 2. The zero-order valence-electron chi connectivity index (χ0n) is 14.8. The summed E-state index contributed by atoms with van der Waals surface area (Å²) in [4.78, 5) is 21.1. The van der Waals surface area contributed by atoms with E-state index in [4.69, 9.17) is 0 Å². The maximum Gasteiger partial charge on any atom is 0.251 e. The molecule has 2 aromatic rings. The quantitative estimate of drug-likeness (QED) is 0.898. The second-order valence-electron chi connectivity index (χ2n) is 7.27. The van der Waals surface area contributed by atoms with E-state index >= 15 is 0 Å². The molecule has 1 aliphatic carbocycles. The summed E-state index contributed by atoms with van der Waals surface area (Å²) in [6.07, 6.45) is 6.04. The molecule has 1 fully saturated rings. The van der Waals surface area contributed by atoms with Gasteiger partial charge in [0.05, 0.1) is 5.69 Å². The number of piperidine rings is 1. The van der Waals surface area contributed by atoms with Crippen LogP contribution in [0.4, 0.5) is 5.69 Å². The van der Waals surface area contributed by atoms with Gasteiger partial charge in [-0.3, -0.25) is 4.79 Å². The number of rotatable bonds is 4. The molecule has 2 N–H and O–H groups in total. The Bertz CT molecular complexity index is 806. The molecule has 2 aliphatic rings. The zero-order valence-corrected chi connectivity index (χ0v) is 14.8. The summed E-state index contributed by atoms with van der Waals surface area (Å²) in [7, 11) is 0. The topological polar surface area (TPSA) is 61.0 Å². The second-order valence-corrected chi connectivity index (χ2v) is 7.27. The van der Waals surface area contributed by atoms with Gasteiger partial charge in [-0.2, -0.15) is 0 Å². The highest BCUT2D eigenvalue weighted by molar-refractivity contribution is 5.52. The van der Waals surface area contributed by atoms with Gasteiger partial charge >= 0.3 is 0 Å². The fourth-order valence-corrected chi connectivity index (χ4v) is 4.08. The van der Waals surface area contributed by atoms with E-state index in [2.05, 4.69) is 38.4 Å². The number of aromatic amines is 1. The SMILES string of the molecule is Cc1nc(CNC2CCN(c3ccc4c(c3)CCC4)CC2)cc(=O)[nH]1. The number of anilines is 1. The van der Waals surface area contributed by atoms with Crippen LogP contribution in [-0.2, 0) is 19.4 Å². The third kappa shape index (κ3) is 3.76. The van der Waals surface area contributed by atoms with E-state index in [1.165, 1.54) is 24.9 Å². The first-order valence-electron chi connectivity index (χ1n) is 9.34. The molecule has 5 nitrogen and oxygen atoms in total. The van der Waals surface area contributed by atoms with Crippen molar-refractivity contribution >= 4 is 5.69 Å². The molecule has 1 aromatic carbocycles. The minimum Gasteiger partial charge on any atom is -0.371 e. The Kier molecular flexibility index (Phi) is 4.57. The second kappa shape index (κ2) is 7.00. The van der Waals surface area contributed by atoms with Gasteiger partial charge in [-0.15, -0.1) is 0 Å². The number of hydrogen-bond donors (Lipinski definition) is 2. The lowest BCUT2D eigenvalue weighted by Gasteiger charge is -2.34. The Morgan fingerprint density at radius 3 is 2.80 bits per heavy atom. The third-order valence-corrected chi connectivity index (χ3v) is 5.43. The van der Waals surface area contributed by atoms with Gasteiger partial charge < -0.3 is 15.2 Å². The lowest BCUT2D eigenvalue weighted by molar-refractivity contribution is 0.411. The first-order valence-corrected chi connectivity index (χ1v) is 9.34. The Morgan fingerprint density at radius 1 is 1.20 bits per heavy atom. The summed E-state index contributed by atoms with van der Waals surface area (Å²) in [6.45, 7) is 4.64. The number of aryl methyl sites for hydroxylation is 3. The van der Waals surface area contributed by atoms with Gasteiger partial charge in [-0.1, -0.05) is 6.07 Å². The smallest absolute Gasteiger partial charge is 0.251 e. The zero-order chi connectivity index (χ0) is 17.2. The maximum absolute atomic E-state index is 11.5. The Hall–Kier alpha value is -2.14. The fraction of sp³-hybridized carbons (Fsp3) is 0.500. The van der Waals surface area contributed by atoms with Crippen LogP contribution < -0.4 is 15.8 Å². The number of H-pyrrole nitrogens is 1. The van der Waals surface area contributed by atoms with Gasteiger partial charge in [0.25, 0.3) is 5.56 Å². The Labute approximate surface area is 148 Å². The molecule has 1 aromatic heterocycles. The lowest BCUT2D eigenvalue weighted by atomic mass is 10.0. The van der Waals surface area contributed by atoms with E-state index in [1.807, 2.05) is 6.92 Å². The van der Waals surface area contributed by atoms with Gasteiger partial charge in [-0.25, -0.2) is 4.98 Å². The summed E-state index contributed by atoms with van der Waals surface area (Å²) in [5, 5.41) is 3.56. The van der Waals surface area contributed by atoms with E-state index in [1.54, 1.807) is 17.2 Å². The Morgan fingerprint density at radius 2 is 2.00 bits per heavy atom. The summed E-state index contributed by atoms with van der Waals surface area (Å²) >= 11 is 0. The molecule has 2 heterocycles. The molecule has 4 rings (SSSR count). The highest BCUT2D eigenvalue weighted by atomic mass is 16.1. The van der Waals surface area contributed by atoms with Crippen LogP contribution in [-0.4, -0.2) is 29.1 Å². The van der Waals surface area contributed by atoms with Crippen molar-refractivity contribution < 1.29 is 0 Å². The number of fused-ring (bicyclic) bond motifs is 1. The lowest BCUT2D eigenvalue weighted by Crippen LogP contribution is -2.42. The molecule has 25 heavy (non-hydrogen) atoms. The van der Waals surface area contributed by atoms with Crippen LogP contribution in [0.15, 0.2) is 29.1 Å². The monoisotopic (exact) mass is 338 g/mol. The van der Waals surface area contributed by atoms with Crippen molar-refractivity contribution in [1.82, 2.24) is 15.3 Å². The van der Waals surface area contributed by atoms with Gasteiger partial charge in [0, 0.05) is 37.4 Å². The average molecular weight is 338 g/mol. The molecule has 0 spiro atoms. The van der Waals surface area contributed by atoms with Crippen molar-refractivity contribution in [1.29, 1.82) is 0 Å². The van der Waals surface area contributed by atoms with E-state index in [9.17, 15) is 4.79 Å². The third-order valence-electron chi connectivity index (χ3n) is 5.43. The molecule has 5 heteroatoms. The van der Waals surface area contributed by atoms with Crippen molar-refractivity contribution in [3.63, 3.8) is 0 Å². The molecule has 0 saturated carbocycles. The first kappa shape index (κ1) is 16.3. The number of benzene rings is 1. The molecule has 0 bridgehead atoms. The van der Waals surface area contributed by atoms with Crippen molar-refractivity contribution in [3.8, 4) is 0 Å². The molecule has 1 saturated heterocycles. The van der Waals surface area contributed by atoms with Gasteiger partial charge in [0.15, 0.2) is 0 Å². The molecule has 0 radical (unpaired) electrons. The highest BCUT2D eigenvalue weighted by Crippen LogP contribution is 2.28. The van der Waals surface area contributed by atoms with Gasteiger partial charge in [0.1, 0.15) is 5.82 Å². The molecular formula is C20H26N4O. The van der Waals surface area contributed by atoms with Gasteiger partial charge in [-0.05, 0) is 62.3 Å². The minimum absolute atomic E-state index is 0.0734. The van der Waals surface area contributed by atoms with Crippen molar-refractivity contribution in [2.75, 3.05) is 18.0 Å². The highest BCUT2D eigenvalue weighted by Gasteiger charge is 2.20. The van der Waals surface area contributed by atoms with Crippen molar-refractivity contribution in [3.05, 3.63) is 57.3 Å². The number of nitrogens with zero attached hydrogens (tertiary/aromatic N) is 2. The predicted octanol–water partition coefficient (Wildman–Crippen LogP) is 2.33. The first-order chi connectivity index (χ1) is 12.2. The van der Waals surface area contributed by atoms with E-state index in [-0.39, 0.29) is 5.56 Å². The maximum atomic E-state index is 11.5. The minimum atomic E-state index is -0.0734. The normalized spacial score (nSPS) is 17.7. The average Bonchev–Trinajstić information content (AvgIpc) is 3.07. The van der Waals surface area contributed by atoms with Crippen molar-refractivity contribution in [2.45, 2.75) is 51.6 Å². The van der Waals surface area contributed by atoms with E-state index in [0.717, 1.165) is 31.6 Å².